The van der Waals surface area contributed by atoms with Gasteiger partial charge in [0.05, 0.1) is 19.8 Å². The molecule has 0 aliphatic carbocycles. The monoisotopic (exact) mass is 375 g/mol. The van der Waals surface area contributed by atoms with E-state index in [0.717, 1.165) is 39.3 Å². The first-order valence-corrected chi connectivity index (χ1v) is 9.14. The molecule has 2 aliphatic heterocycles. The molecule has 0 bridgehead atoms. The molecule has 1 aromatic rings. The van der Waals surface area contributed by atoms with Crippen molar-refractivity contribution >= 4 is 18.0 Å². The number of carbonyl (C=O) groups is 2. The van der Waals surface area contributed by atoms with Gasteiger partial charge in [-0.05, 0) is 30.2 Å². The molecule has 7 nitrogen and oxygen atoms in total. The maximum atomic E-state index is 12.0. The maximum Gasteiger partial charge on any atom is 0.348 e. The molecule has 0 saturated carbocycles. The highest BCUT2D eigenvalue weighted by Crippen LogP contribution is 2.25. The molecule has 27 heavy (non-hydrogen) atoms. The number of morpholine rings is 1. The van der Waals surface area contributed by atoms with E-state index in [1.807, 2.05) is 12.1 Å². The first kappa shape index (κ1) is 19.4. The number of ether oxygens (including phenoxy) is 4. The van der Waals surface area contributed by atoms with Crippen molar-refractivity contribution in [1.82, 2.24) is 4.90 Å². The van der Waals surface area contributed by atoms with Gasteiger partial charge >= 0.3 is 11.9 Å². The van der Waals surface area contributed by atoms with E-state index in [-0.39, 0.29) is 5.57 Å². The highest BCUT2D eigenvalue weighted by Gasteiger charge is 2.38. The Labute approximate surface area is 158 Å². The van der Waals surface area contributed by atoms with Gasteiger partial charge in [0.25, 0.3) is 5.79 Å². The van der Waals surface area contributed by atoms with E-state index in [4.69, 9.17) is 18.9 Å². The number of cyclic esters (lactones) is 2. The summed E-state index contributed by atoms with van der Waals surface area (Å²) in [6, 6.07) is 7.22. The van der Waals surface area contributed by atoms with E-state index in [2.05, 4.69) is 4.90 Å². The Morgan fingerprint density at radius 2 is 1.85 bits per heavy atom. The summed E-state index contributed by atoms with van der Waals surface area (Å²) in [5.74, 6) is -1.93. The van der Waals surface area contributed by atoms with Crippen LogP contribution >= 0.6 is 0 Å². The standard InChI is InChI=1S/C20H25NO6/c1-20(2)26-18(22)17(19(23)27-20)14-15-5-3-6-16(13-15)25-10-4-7-21-8-11-24-12-9-21/h3,5-6,13-14H,4,7-12H2,1-2H3. The molecule has 2 aliphatic rings. The Balaban J connectivity index is 1.55. The van der Waals surface area contributed by atoms with Crippen LogP contribution in [0.25, 0.3) is 6.08 Å². The molecule has 146 valence electrons. The van der Waals surface area contributed by atoms with E-state index in [0.29, 0.717) is 17.9 Å². The van der Waals surface area contributed by atoms with Gasteiger partial charge in [-0.3, -0.25) is 4.90 Å². The van der Waals surface area contributed by atoms with E-state index in [9.17, 15) is 9.59 Å². The smallest absolute Gasteiger partial charge is 0.348 e. The molecule has 0 N–H and O–H groups in total. The van der Waals surface area contributed by atoms with Gasteiger partial charge in [0.1, 0.15) is 11.3 Å². The molecule has 1 aromatic carbocycles. The molecule has 0 atom stereocenters. The second-order valence-electron chi connectivity index (χ2n) is 6.97. The minimum Gasteiger partial charge on any atom is -0.494 e. The van der Waals surface area contributed by atoms with Crippen LogP contribution in [0, 0.1) is 0 Å². The largest absolute Gasteiger partial charge is 0.494 e. The van der Waals surface area contributed by atoms with Gasteiger partial charge in [-0.2, -0.15) is 0 Å². The molecule has 0 aromatic heterocycles. The lowest BCUT2D eigenvalue weighted by atomic mass is 10.1. The number of benzene rings is 1. The minimum atomic E-state index is -1.24. The fraction of sp³-hybridized carbons (Fsp3) is 0.500. The van der Waals surface area contributed by atoms with Crippen molar-refractivity contribution in [2.75, 3.05) is 39.5 Å². The second kappa shape index (κ2) is 8.54. The Morgan fingerprint density at radius 3 is 2.56 bits per heavy atom. The number of rotatable bonds is 6. The van der Waals surface area contributed by atoms with Crippen LogP contribution in [-0.4, -0.2) is 62.1 Å². The summed E-state index contributed by atoms with van der Waals surface area (Å²) >= 11 is 0. The van der Waals surface area contributed by atoms with Gasteiger partial charge < -0.3 is 18.9 Å². The van der Waals surface area contributed by atoms with Gasteiger partial charge in [0, 0.05) is 33.5 Å². The van der Waals surface area contributed by atoms with E-state index < -0.39 is 17.7 Å². The van der Waals surface area contributed by atoms with Crippen molar-refractivity contribution in [3.8, 4) is 5.75 Å². The summed E-state index contributed by atoms with van der Waals surface area (Å²) in [6.45, 7) is 8.11. The lowest BCUT2D eigenvalue weighted by molar-refractivity contribution is -0.222. The third-order valence-corrected chi connectivity index (χ3v) is 4.28. The predicted molar refractivity (Wildman–Crippen MR) is 98.1 cm³/mol. The number of esters is 2. The summed E-state index contributed by atoms with van der Waals surface area (Å²) in [7, 11) is 0. The van der Waals surface area contributed by atoms with Crippen LogP contribution in [0.2, 0.25) is 0 Å². The third kappa shape index (κ3) is 5.55. The fourth-order valence-electron chi connectivity index (χ4n) is 2.94. The molecule has 0 amide bonds. The molecular weight excluding hydrogens is 350 g/mol. The lowest BCUT2D eigenvalue weighted by Crippen LogP contribution is -2.41. The SMILES string of the molecule is CC1(C)OC(=O)C(=Cc2cccc(OCCCN3CCOCC3)c2)C(=O)O1. The van der Waals surface area contributed by atoms with Crippen molar-refractivity contribution in [1.29, 1.82) is 0 Å². The van der Waals surface area contributed by atoms with Crippen molar-refractivity contribution in [3.05, 3.63) is 35.4 Å². The average molecular weight is 375 g/mol. The maximum absolute atomic E-state index is 12.0. The molecular formula is C20H25NO6. The van der Waals surface area contributed by atoms with Gasteiger partial charge in [0.2, 0.25) is 0 Å². The van der Waals surface area contributed by atoms with E-state index in [1.165, 1.54) is 19.9 Å². The zero-order chi connectivity index (χ0) is 19.3. The van der Waals surface area contributed by atoms with Crippen LogP contribution in [0.5, 0.6) is 5.75 Å². The van der Waals surface area contributed by atoms with Crippen LogP contribution in [-0.2, 0) is 23.8 Å². The molecule has 0 spiro atoms. The summed E-state index contributed by atoms with van der Waals surface area (Å²) in [5.41, 5.74) is 0.545. The molecule has 0 unspecified atom stereocenters. The molecule has 2 heterocycles. The number of carbonyl (C=O) groups excluding carboxylic acids is 2. The highest BCUT2D eigenvalue weighted by molar-refractivity contribution is 6.18. The van der Waals surface area contributed by atoms with Crippen LogP contribution < -0.4 is 4.74 Å². The molecule has 7 heteroatoms. The second-order valence-corrected chi connectivity index (χ2v) is 6.97. The Hall–Kier alpha value is -2.38. The molecule has 2 fully saturated rings. The van der Waals surface area contributed by atoms with Gasteiger partial charge in [-0.25, -0.2) is 9.59 Å². The lowest BCUT2D eigenvalue weighted by Gasteiger charge is -2.29. The van der Waals surface area contributed by atoms with Gasteiger partial charge in [-0.1, -0.05) is 12.1 Å². The van der Waals surface area contributed by atoms with Crippen LogP contribution in [0.15, 0.2) is 29.8 Å². The van der Waals surface area contributed by atoms with Crippen LogP contribution in [0.3, 0.4) is 0 Å². The normalized spacial score (nSPS) is 20.0. The predicted octanol–water partition coefficient (Wildman–Crippen LogP) is 2.01. The van der Waals surface area contributed by atoms with Gasteiger partial charge in [-0.15, -0.1) is 0 Å². The molecule has 3 rings (SSSR count). The average Bonchev–Trinajstić information content (AvgIpc) is 2.62. The molecule has 2 saturated heterocycles. The number of hydrogen-bond donors (Lipinski definition) is 0. The van der Waals surface area contributed by atoms with Crippen LogP contribution in [0.1, 0.15) is 25.8 Å². The number of nitrogens with zero attached hydrogens (tertiary/aromatic N) is 1. The Morgan fingerprint density at radius 1 is 1.15 bits per heavy atom. The van der Waals surface area contributed by atoms with Crippen molar-refractivity contribution in [2.45, 2.75) is 26.1 Å². The van der Waals surface area contributed by atoms with E-state index >= 15 is 0 Å². The summed E-state index contributed by atoms with van der Waals surface area (Å²) in [5, 5.41) is 0. The topological polar surface area (TPSA) is 74.3 Å². The van der Waals surface area contributed by atoms with Crippen LogP contribution in [0.4, 0.5) is 0 Å². The quantitative estimate of drug-likeness (QED) is 0.326. The summed E-state index contributed by atoms with van der Waals surface area (Å²) in [4.78, 5) is 26.4. The summed E-state index contributed by atoms with van der Waals surface area (Å²) in [6.07, 6.45) is 2.37. The Kier molecular flexibility index (Phi) is 6.13. The summed E-state index contributed by atoms with van der Waals surface area (Å²) < 4.78 is 21.3. The fourth-order valence-corrected chi connectivity index (χ4v) is 2.94. The third-order valence-electron chi connectivity index (χ3n) is 4.28. The first-order chi connectivity index (χ1) is 12.9. The van der Waals surface area contributed by atoms with Crippen molar-refractivity contribution in [3.63, 3.8) is 0 Å². The Bertz CT molecular complexity index is 699. The minimum absolute atomic E-state index is 0.126. The first-order valence-electron chi connectivity index (χ1n) is 9.14. The van der Waals surface area contributed by atoms with Crippen molar-refractivity contribution < 1.29 is 28.5 Å². The van der Waals surface area contributed by atoms with Crippen molar-refractivity contribution in [2.24, 2.45) is 0 Å². The van der Waals surface area contributed by atoms with E-state index in [1.54, 1.807) is 12.1 Å². The number of hydrogen-bond acceptors (Lipinski definition) is 7. The highest BCUT2D eigenvalue weighted by atomic mass is 16.7. The molecule has 0 radical (unpaired) electrons. The van der Waals surface area contributed by atoms with Gasteiger partial charge in [0.15, 0.2) is 0 Å². The zero-order valence-electron chi connectivity index (χ0n) is 15.7. The zero-order valence-corrected chi connectivity index (χ0v) is 15.7.